The predicted molar refractivity (Wildman–Crippen MR) is 102 cm³/mol. The van der Waals surface area contributed by atoms with Crippen LogP contribution in [0.25, 0.3) is 5.69 Å². The van der Waals surface area contributed by atoms with Crippen molar-refractivity contribution in [2.45, 2.75) is 38.8 Å². The quantitative estimate of drug-likeness (QED) is 0.822. The van der Waals surface area contributed by atoms with E-state index in [4.69, 9.17) is 0 Å². The van der Waals surface area contributed by atoms with E-state index in [1.807, 2.05) is 18.5 Å². The molecule has 2 saturated heterocycles. The van der Waals surface area contributed by atoms with E-state index in [-0.39, 0.29) is 17.8 Å². The van der Waals surface area contributed by atoms with Crippen LogP contribution >= 0.6 is 0 Å². The molecule has 0 bridgehead atoms. The number of aryl methyl sites for hydroxylation is 1. The first-order valence-corrected chi connectivity index (χ1v) is 9.44. The van der Waals surface area contributed by atoms with E-state index in [0.29, 0.717) is 12.8 Å². The maximum absolute atomic E-state index is 13.2. The summed E-state index contributed by atoms with van der Waals surface area (Å²) < 4.78 is 15.0. The van der Waals surface area contributed by atoms with E-state index in [1.165, 1.54) is 24.1 Å². The summed E-state index contributed by atoms with van der Waals surface area (Å²) in [7, 11) is 1.52. The molecule has 1 aromatic carbocycles. The summed E-state index contributed by atoms with van der Waals surface area (Å²) >= 11 is 0. The van der Waals surface area contributed by atoms with Gasteiger partial charge in [0.15, 0.2) is 0 Å². The van der Waals surface area contributed by atoms with Crippen LogP contribution in [-0.2, 0) is 11.3 Å². The Morgan fingerprint density at radius 1 is 1.14 bits per heavy atom. The Bertz CT molecular complexity index is 929. The molecule has 148 valence electrons. The molecule has 2 aliphatic heterocycles. The van der Waals surface area contributed by atoms with Gasteiger partial charge in [0.05, 0.1) is 11.4 Å². The summed E-state index contributed by atoms with van der Waals surface area (Å²) in [6.07, 6.45) is 1.21. The highest BCUT2D eigenvalue weighted by Crippen LogP contribution is 2.30. The van der Waals surface area contributed by atoms with Crippen molar-refractivity contribution in [1.29, 1.82) is 0 Å². The number of nitrogens with zero attached hydrogens (tertiary/aromatic N) is 4. The van der Waals surface area contributed by atoms with Gasteiger partial charge < -0.3 is 5.32 Å². The van der Waals surface area contributed by atoms with E-state index in [2.05, 4.69) is 15.3 Å². The molecule has 0 aliphatic carbocycles. The van der Waals surface area contributed by atoms with E-state index >= 15 is 0 Å². The third-order valence-electron chi connectivity index (χ3n) is 5.97. The molecule has 4 rings (SSSR count). The van der Waals surface area contributed by atoms with Crippen LogP contribution in [-0.4, -0.2) is 57.2 Å². The number of urea groups is 1. The third-order valence-corrected chi connectivity index (χ3v) is 5.97. The van der Waals surface area contributed by atoms with Crippen molar-refractivity contribution in [1.82, 2.24) is 24.9 Å². The lowest BCUT2D eigenvalue weighted by molar-refractivity contribution is -0.132. The monoisotopic (exact) mass is 385 g/mol. The first-order chi connectivity index (χ1) is 13.3. The molecule has 0 atom stereocenters. The number of likely N-dealkylation sites (N-methyl/N-ethyl adjacent to an activating group) is 1. The molecule has 2 fully saturated rings. The SMILES string of the molecule is Cc1nn(-c2ccc(F)cc2)c(C)c1CN1CCC2(CC1)NC(=O)N(C)C2=O. The van der Waals surface area contributed by atoms with Gasteiger partial charge in [-0.15, -0.1) is 0 Å². The van der Waals surface area contributed by atoms with E-state index in [0.717, 1.165) is 42.3 Å². The van der Waals surface area contributed by atoms with Gasteiger partial charge in [0.1, 0.15) is 11.4 Å². The Hall–Kier alpha value is -2.74. The number of carbonyl (C=O) groups excluding carboxylic acids is 2. The van der Waals surface area contributed by atoms with Crippen LogP contribution in [0, 0.1) is 19.7 Å². The number of imide groups is 1. The molecular weight excluding hydrogens is 361 g/mol. The molecule has 2 aliphatic rings. The van der Waals surface area contributed by atoms with Crippen LogP contribution in [0.3, 0.4) is 0 Å². The third kappa shape index (κ3) is 2.97. The summed E-state index contributed by atoms with van der Waals surface area (Å²) in [6.45, 7) is 6.16. The number of likely N-dealkylation sites (tertiary alicyclic amines) is 1. The van der Waals surface area contributed by atoms with Crippen molar-refractivity contribution in [2.75, 3.05) is 20.1 Å². The molecule has 0 saturated carbocycles. The van der Waals surface area contributed by atoms with Gasteiger partial charge in [-0.3, -0.25) is 14.6 Å². The van der Waals surface area contributed by atoms with Gasteiger partial charge >= 0.3 is 6.03 Å². The fourth-order valence-electron chi connectivity index (χ4n) is 4.15. The topological polar surface area (TPSA) is 70.5 Å². The number of piperidine rings is 1. The lowest BCUT2D eigenvalue weighted by Crippen LogP contribution is -2.54. The highest BCUT2D eigenvalue weighted by Gasteiger charge is 2.50. The second-order valence-electron chi connectivity index (χ2n) is 7.69. The number of nitrogens with one attached hydrogen (secondary N) is 1. The van der Waals surface area contributed by atoms with Crippen LogP contribution in [0.15, 0.2) is 24.3 Å². The Kier molecular flexibility index (Phi) is 4.45. The van der Waals surface area contributed by atoms with E-state index in [9.17, 15) is 14.0 Å². The van der Waals surface area contributed by atoms with Crippen molar-refractivity contribution < 1.29 is 14.0 Å². The maximum atomic E-state index is 13.2. The molecule has 2 aromatic rings. The fraction of sp³-hybridized carbons (Fsp3) is 0.450. The summed E-state index contributed by atoms with van der Waals surface area (Å²) in [6, 6.07) is 5.98. The van der Waals surface area contributed by atoms with Gasteiger partial charge in [-0.2, -0.15) is 5.10 Å². The van der Waals surface area contributed by atoms with Gasteiger partial charge in [0.2, 0.25) is 0 Å². The molecule has 0 unspecified atom stereocenters. The van der Waals surface area contributed by atoms with Crippen molar-refractivity contribution in [2.24, 2.45) is 0 Å². The average Bonchev–Trinajstić information content (AvgIpc) is 3.07. The summed E-state index contributed by atoms with van der Waals surface area (Å²) in [5.41, 5.74) is 3.18. The molecule has 8 heteroatoms. The number of amides is 3. The average molecular weight is 385 g/mol. The van der Waals surface area contributed by atoms with Gasteiger partial charge in [-0.1, -0.05) is 0 Å². The maximum Gasteiger partial charge on any atom is 0.324 e. The van der Waals surface area contributed by atoms with Crippen molar-refractivity contribution in [3.63, 3.8) is 0 Å². The van der Waals surface area contributed by atoms with Crippen molar-refractivity contribution in [3.8, 4) is 5.69 Å². The zero-order valence-electron chi connectivity index (χ0n) is 16.3. The Morgan fingerprint density at radius 2 is 1.79 bits per heavy atom. The van der Waals surface area contributed by atoms with Crippen molar-refractivity contribution >= 4 is 11.9 Å². The summed E-state index contributed by atoms with van der Waals surface area (Å²) in [5.74, 6) is -0.402. The van der Waals surface area contributed by atoms with E-state index in [1.54, 1.807) is 12.1 Å². The van der Waals surface area contributed by atoms with Crippen LogP contribution in [0.4, 0.5) is 9.18 Å². The second kappa shape index (κ2) is 6.70. The number of carbonyl (C=O) groups is 2. The molecular formula is C20H24FN5O2. The zero-order valence-corrected chi connectivity index (χ0v) is 16.3. The smallest absolute Gasteiger partial charge is 0.323 e. The lowest BCUT2D eigenvalue weighted by atomic mass is 9.87. The molecule has 1 aromatic heterocycles. The summed E-state index contributed by atoms with van der Waals surface area (Å²) in [4.78, 5) is 27.7. The molecule has 3 heterocycles. The van der Waals surface area contributed by atoms with Crippen LogP contribution in [0.2, 0.25) is 0 Å². The minimum Gasteiger partial charge on any atom is -0.323 e. The minimum absolute atomic E-state index is 0.131. The molecule has 1 N–H and O–H groups in total. The van der Waals surface area contributed by atoms with Crippen LogP contribution in [0.1, 0.15) is 29.8 Å². The Labute approximate surface area is 163 Å². The molecule has 3 amide bonds. The number of hydrogen-bond donors (Lipinski definition) is 1. The Morgan fingerprint density at radius 3 is 2.36 bits per heavy atom. The highest BCUT2D eigenvalue weighted by atomic mass is 19.1. The molecule has 1 spiro atoms. The molecule has 28 heavy (non-hydrogen) atoms. The van der Waals surface area contributed by atoms with Gasteiger partial charge in [0.25, 0.3) is 5.91 Å². The number of rotatable bonds is 3. The van der Waals surface area contributed by atoms with Crippen LogP contribution in [0.5, 0.6) is 0 Å². The largest absolute Gasteiger partial charge is 0.324 e. The molecule has 7 nitrogen and oxygen atoms in total. The zero-order chi connectivity index (χ0) is 20.1. The normalized spacial score (nSPS) is 19.5. The minimum atomic E-state index is -0.745. The highest BCUT2D eigenvalue weighted by molar-refractivity contribution is 6.06. The predicted octanol–water partition coefficient (Wildman–Crippen LogP) is 2.14. The summed E-state index contributed by atoms with van der Waals surface area (Å²) in [5, 5.41) is 7.50. The van der Waals surface area contributed by atoms with Gasteiger partial charge in [-0.25, -0.2) is 13.9 Å². The van der Waals surface area contributed by atoms with Crippen molar-refractivity contribution in [3.05, 3.63) is 47.0 Å². The number of benzene rings is 1. The number of halogens is 1. The van der Waals surface area contributed by atoms with Gasteiger partial charge in [0, 0.05) is 37.9 Å². The first-order valence-electron chi connectivity index (χ1n) is 9.44. The van der Waals surface area contributed by atoms with E-state index < -0.39 is 5.54 Å². The number of hydrogen-bond acceptors (Lipinski definition) is 4. The Balaban J connectivity index is 1.48. The second-order valence-corrected chi connectivity index (χ2v) is 7.69. The van der Waals surface area contributed by atoms with Crippen LogP contribution < -0.4 is 5.32 Å². The standard InChI is InChI=1S/C20H24FN5O2/c1-13-17(14(2)26(23-13)16-6-4-15(21)5-7-16)12-25-10-8-20(9-11-25)18(27)24(3)19(28)22-20/h4-7H,8-12H2,1-3H3,(H,22,28). The lowest BCUT2D eigenvalue weighted by Gasteiger charge is -2.37. The fourth-order valence-corrected chi connectivity index (χ4v) is 4.15. The number of aromatic nitrogens is 2. The first kappa shape index (κ1) is 18.6. The van der Waals surface area contributed by atoms with Gasteiger partial charge in [-0.05, 0) is 51.0 Å². The molecule has 0 radical (unpaired) electrons.